The van der Waals surface area contributed by atoms with Crippen LogP contribution in [0.1, 0.15) is 20.7 Å². The van der Waals surface area contributed by atoms with Crippen molar-refractivity contribution >= 4 is 23.3 Å². The number of hydrogen-bond acceptors (Lipinski definition) is 2. The summed E-state index contributed by atoms with van der Waals surface area (Å²) in [6.07, 6.45) is 0. The van der Waals surface area contributed by atoms with Crippen LogP contribution in [-0.4, -0.2) is 17.0 Å². The topological polar surface area (TPSA) is 90.2 Å². The van der Waals surface area contributed by atoms with Crippen LogP contribution in [0.15, 0.2) is 48.5 Å². The van der Waals surface area contributed by atoms with E-state index < -0.39 is 11.9 Å². The minimum atomic E-state index is -1.12. The van der Waals surface area contributed by atoms with Gasteiger partial charge in [-0.25, -0.2) is 4.79 Å². The third kappa shape index (κ3) is 2.71. The van der Waals surface area contributed by atoms with E-state index in [-0.39, 0.29) is 22.5 Å². The maximum Gasteiger partial charge on any atom is 0.337 e. The fourth-order valence-electron chi connectivity index (χ4n) is 1.65. The van der Waals surface area contributed by atoms with Crippen LogP contribution in [0, 0.1) is 0 Å². The summed E-state index contributed by atoms with van der Waals surface area (Å²) in [5, 5.41) is 11.5. The molecule has 0 heterocycles. The molecule has 1 radical (unpaired) electrons. The largest absolute Gasteiger partial charge is 0.478 e. The van der Waals surface area contributed by atoms with Gasteiger partial charge in [0.15, 0.2) is 0 Å². The number of nitrogens with one attached hydrogen (secondary N) is 2. The zero-order chi connectivity index (χ0) is 13.8. The van der Waals surface area contributed by atoms with Crippen molar-refractivity contribution in [3.05, 3.63) is 59.7 Å². The van der Waals surface area contributed by atoms with Gasteiger partial charge in [-0.1, -0.05) is 24.3 Å². The number of carbonyl (C=O) groups is 2. The summed E-state index contributed by atoms with van der Waals surface area (Å²) in [5.74, 6) is -1.62. The first-order valence-electron chi connectivity index (χ1n) is 5.54. The zero-order valence-electron chi connectivity index (χ0n) is 9.88. The summed E-state index contributed by atoms with van der Waals surface area (Å²) in [6.45, 7) is 0. The number of carboxylic acids is 1. The Morgan fingerprint density at radius 2 is 1.53 bits per heavy atom. The lowest BCUT2D eigenvalue weighted by Crippen LogP contribution is -2.15. The predicted octanol–water partition coefficient (Wildman–Crippen LogP) is 2.55. The van der Waals surface area contributed by atoms with Gasteiger partial charge in [-0.3, -0.25) is 4.79 Å². The van der Waals surface area contributed by atoms with Gasteiger partial charge in [0.05, 0.1) is 22.5 Å². The fourth-order valence-corrected chi connectivity index (χ4v) is 1.65. The Labute approximate surface area is 109 Å². The van der Waals surface area contributed by atoms with E-state index in [1.54, 1.807) is 24.3 Å². The molecule has 2 aromatic rings. The van der Waals surface area contributed by atoms with Crippen LogP contribution < -0.4 is 11.1 Å². The highest BCUT2D eigenvalue weighted by Gasteiger charge is 2.14. The summed E-state index contributed by atoms with van der Waals surface area (Å²) in [4.78, 5) is 23.0. The van der Waals surface area contributed by atoms with E-state index in [9.17, 15) is 9.59 Å². The van der Waals surface area contributed by atoms with E-state index in [2.05, 4.69) is 5.32 Å². The van der Waals surface area contributed by atoms with E-state index in [1.807, 2.05) is 0 Å². The molecule has 0 aliphatic heterocycles. The highest BCUT2D eigenvalue weighted by molar-refractivity contribution is 6.09. The molecular formula is C14H11N2O3. The highest BCUT2D eigenvalue weighted by atomic mass is 16.4. The fraction of sp³-hybridized carbons (Fsp3) is 0. The van der Waals surface area contributed by atoms with Gasteiger partial charge in [-0.05, 0) is 24.3 Å². The Bertz CT molecular complexity index is 638. The van der Waals surface area contributed by atoms with Crippen LogP contribution in [0.5, 0.6) is 0 Å². The molecule has 95 valence electrons. The second-order valence-electron chi connectivity index (χ2n) is 3.85. The third-order valence-corrected chi connectivity index (χ3v) is 2.58. The minimum Gasteiger partial charge on any atom is -0.478 e. The molecule has 0 fully saturated rings. The average Bonchev–Trinajstić information content (AvgIpc) is 2.39. The van der Waals surface area contributed by atoms with E-state index in [4.69, 9.17) is 10.8 Å². The van der Waals surface area contributed by atoms with Crippen molar-refractivity contribution < 1.29 is 14.7 Å². The van der Waals surface area contributed by atoms with Crippen LogP contribution in [-0.2, 0) is 0 Å². The molecular weight excluding hydrogens is 244 g/mol. The van der Waals surface area contributed by atoms with Gasteiger partial charge < -0.3 is 16.2 Å². The van der Waals surface area contributed by atoms with E-state index >= 15 is 0 Å². The molecule has 0 saturated heterocycles. The molecule has 0 bridgehead atoms. The van der Waals surface area contributed by atoms with Crippen LogP contribution in [0.2, 0.25) is 0 Å². The smallest absolute Gasteiger partial charge is 0.337 e. The second kappa shape index (κ2) is 5.22. The van der Waals surface area contributed by atoms with Gasteiger partial charge in [-0.15, -0.1) is 0 Å². The first kappa shape index (κ1) is 12.6. The van der Waals surface area contributed by atoms with Crippen LogP contribution >= 0.6 is 0 Å². The van der Waals surface area contributed by atoms with E-state index in [0.717, 1.165) is 0 Å². The molecule has 0 aliphatic carbocycles. The molecule has 2 rings (SSSR count). The maximum absolute atomic E-state index is 12.0. The summed E-state index contributed by atoms with van der Waals surface area (Å²) < 4.78 is 0. The Morgan fingerprint density at radius 3 is 2.16 bits per heavy atom. The Hall–Kier alpha value is -2.82. The molecule has 0 saturated carbocycles. The molecule has 0 spiro atoms. The Morgan fingerprint density at radius 1 is 0.947 bits per heavy atom. The van der Waals surface area contributed by atoms with E-state index in [1.165, 1.54) is 24.3 Å². The molecule has 19 heavy (non-hydrogen) atoms. The number of carbonyl (C=O) groups excluding carboxylic acids is 1. The lowest BCUT2D eigenvalue weighted by molar-refractivity contribution is 0.0698. The first-order chi connectivity index (χ1) is 9.09. The van der Waals surface area contributed by atoms with Crippen LogP contribution in [0.4, 0.5) is 11.4 Å². The second-order valence-corrected chi connectivity index (χ2v) is 3.85. The molecule has 2 aromatic carbocycles. The number of para-hydroxylation sites is 1. The normalized spacial score (nSPS) is 9.89. The zero-order valence-corrected chi connectivity index (χ0v) is 9.88. The third-order valence-electron chi connectivity index (χ3n) is 2.58. The summed E-state index contributed by atoms with van der Waals surface area (Å²) in [7, 11) is 0. The van der Waals surface area contributed by atoms with Crippen molar-refractivity contribution in [3.63, 3.8) is 0 Å². The number of anilines is 1. The van der Waals surface area contributed by atoms with Crippen LogP contribution in [0.3, 0.4) is 0 Å². The summed E-state index contributed by atoms with van der Waals surface area (Å²) in [6, 6.07) is 12.4. The van der Waals surface area contributed by atoms with Crippen molar-refractivity contribution in [1.29, 1.82) is 0 Å². The van der Waals surface area contributed by atoms with Gasteiger partial charge in [0.25, 0.3) is 5.91 Å². The quantitative estimate of drug-likeness (QED) is 0.882. The Balaban J connectivity index is 2.30. The van der Waals surface area contributed by atoms with Gasteiger partial charge in [0, 0.05) is 0 Å². The number of amides is 1. The molecule has 1 amide bonds. The van der Waals surface area contributed by atoms with Crippen molar-refractivity contribution in [2.75, 3.05) is 5.32 Å². The predicted molar refractivity (Wildman–Crippen MR) is 70.6 cm³/mol. The lowest BCUT2D eigenvalue weighted by Gasteiger charge is -2.09. The number of rotatable bonds is 3. The lowest BCUT2D eigenvalue weighted by atomic mass is 10.1. The number of benzene rings is 2. The molecule has 0 atom stereocenters. The number of aromatic carboxylic acids is 1. The molecule has 0 aliphatic rings. The Kier molecular flexibility index (Phi) is 3.47. The summed E-state index contributed by atoms with van der Waals surface area (Å²) >= 11 is 0. The highest BCUT2D eigenvalue weighted by Crippen LogP contribution is 2.18. The minimum absolute atomic E-state index is 0.0123. The molecule has 5 heteroatoms. The maximum atomic E-state index is 12.0. The van der Waals surface area contributed by atoms with Crippen molar-refractivity contribution in [2.24, 2.45) is 0 Å². The van der Waals surface area contributed by atoms with E-state index in [0.29, 0.717) is 0 Å². The van der Waals surface area contributed by atoms with Gasteiger partial charge in [-0.2, -0.15) is 0 Å². The van der Waals surface area contributed by atoms with Crippen molar-refractivity contribution in [3.8, 4) is 0 Å². The molecule has 5 nitrogen and oxygen atoms in total. The molecule has 0 aromatic heterocycles. The van der Waals surface area contributed by atoms with Gasteiger partial charge in [0.2, 0.25) is 0 Å². The molecule has 3 N–H and O–H groups in total. The average molecular weight is 255 g/mol. The monoisotopic (exact) mass is 255 g/mol. The SMILES string of the molecule is [NH]c1ccccc1C(=O)Nc1ccccc1C(=O)O. The molecule has 0 unspecified atom stereocenters. The van der Waals surface area contributed by atoms with Gasteiger partial charge >= 0.3 is 5.97 Å². The standard InChI is InChI=1S/C14H11N2O3/c15-11-7-3-1-5-9(11)13(17)16-12-8-4-2-6-10(12)14(18)19/h1-8,15H,(H,16,17)(H,18,19). The van der Waals surface area contributed by atoms with Crippen molar-refractivity contribution in [1.82, 2.24) is 5.73 Å². The first-order valence-corrected chi connectivity index (χ1v) is 5.54. The summed E-state index contributed by atoms with van der Waals surface area (Å²) in [5.41, 5.74) is 8.14. The number of carboxylic acid groups (broad SMARTS) is 1. The van der Waals surface area contributed by atoms with Crippen molar-refractivity contribution in [2.45, 2.75) is 0 Å². The van der Waals surface area contributed by atoms with Crippen LogP contribution in [0.25, 0.3) is 0 Å². The van der Waals surface area contributed by atoms with Gasteiger partial charge in [0.1, 0.15) is 0 Å². The number of hydrogen-bond donors (Lipinski definition) is 2.